The number of carbonyl (C=O) groups excluding carboxylic acids is 2. The molecule has 0 aromatic heterocycles. The lowest BCUT2D eigenvalue weighted by Gasteiger charge is -2.33. The summed E-state index contributed by atoms with van der Waals surface area (Å²) in [5.41, 5.74) is 0. The number of unbranched alkanes of at least 4 members (excludes halogenated alkanes) is 23. The number of aliphatic hydroxyl groups is 1. The van der Waals surface area contributed by atoms with Gasteiger partial charge in [0.1, 0.15) is 12.2 Å². The Balaban J connectivity index is 5.26. The summed E-state index contributed by atoms with van der Waals surface area (Å²) in [6.07, 6.45) is 41.8. The van der Waals surface area contributed by atoms with Crippen LogP contribution in [0.1, 0.15) is 273 Å². The van der Waals surface area contributed by atoms with Crippen molar-refractivity contribution in [1.29, 1.82) is 0 Å². The van der Waals surface area contributed by atoms with Crippen LogP contribution >= 0.6 is 23.5 Å². The third kappa shape index (κ3) is 43.9. The van der Waals surface area contributed by atoms with E-state index < -0.39 is 0 Å². The Morgan fingerprint density at radius 2 is 0.825 bits per heavy atom. The van der Waals surface area contributed by atoms with Crippen LogP contribution in [-0.2, 0) is 19.1 Å². The first kappa shape index (κ1) is 62.6. The Labute approximate surface area is 402 Å². The molecule has 0 heterocycles. The number of hydrogen-bond acceptors (Lipinski definition) is 8. The fraction of sp³-hybridized carbons (Fsp3) is 0.964. The largest absolute Gasteiger partial charge is 0.461 e. The summed E-state index contributed by atoms with van der Waals surface area (Å²) >= 11 is 3.97. The molecule has 6 nitrogen and oxygen atoms in total. The molecule has 376 valence electrons. The van der Waals surface area contributed by atoms with Crippen molar-refractivity contribution in [2.24, 2.45) is 5.92 Å². The maximum absolute atomic E-state index is 12.9. The molecule has 0 aromatic carbocycles. The summed E-state index contributed by atoms with van der Waals surface area (Å²) in [7, 11) is 0. The third-order valence-corrected chi connectivity index (χ3v) is 14.9. The van der Waals surface area contributed by atoms with Crippen LogP contribution in [0, 0.1) is 5.92 Å². The molecule has 0 rings (SSSR count). The average molecular weight is 929 g/mol. The monoisotopic (exact) mass is 928 g/mol. The topological polar surface area (TPSA) is 76.1 Å². The summed E-state index contributed by atoms with van der Waals surface area (Å²) in [6, 6.07) is 0.551. The predicted molar refractivity (Wildman–Crippen MR) is 281 cm³/mol. The summed E-state index contributed by atoms with van der Waals surface area (Å²) in [5.74, 6) is 4.83. The summed E-state index contributed by atoms with van der Waals surface area (Å²) in [6.45, 7) is 16.2. The van der Waals surface area contributed by atoms with Gasteiger partial charge in [-0.2, -0.15) is 23.5 Å². The van der Waals surface area contributed by atoms with Crippen LogP contribution in [-0.4, -0.2) is 82.9 Å². The van der Waals surface area contributed by atoms with Crippen molar-refractivity contribution >= 4 is 35.5 Å². The van der Waals surface area contributed by atoms with Gasteiger partial charge in [-0.25, -0.2) is 0 Å². The SMILES string of the molecule is CCCCCCCCCC(=O)OC(CCCCCC(CCCCCC(CSCCCCCC)OC(=O)CCCCCCCCC)N(CCCCO)CC(C)C)CSCCCCCC. The molecule has 0 radical (unpaired) electrons. The molecule has 0 aliphatic heterocycles. The molecular formula is C55H109NO5S2. The average Bonchev–Trinajstić information content (AvgIpc) is 3.26. The molecule has 0 spiro atoms. The standard InChI is InChI=1S/C55H109NO5S2/c1-7-11-15-19-21-23-31-41-54(58)60-52(48-62-45-35-17-13-9-3)39-29-25-27-37-51(56(47-50(5)6)43-33-34-44-57)38-28-26-30-40-53(49-63-46-36-18-14-10-4)61-55(59)42-32-24-22-20-16-12-8-2/h50-53,57H,7-49H2,1-6H3. The van der Waals surface area contributed by atoms with Gasteiger partial charge in [0.25, 0.3) is 0 Å². The van der Waals surface area contributed by atoms with Crippen molar-refractivity contribution in [3.8, 4) is 0 Å². The van der Waals surface area contributed by atoms with Crippen LogP contribution in [0.25, 0.3) is 0 Å². The van der Waals surface area contributed by atoms with Crippen molar-refractivity contribution < 1.29 is 24.2 Å². The smallest absolute Gasteiger partial charge is 0.306 e. The molecule has 2 atom stereocenters. The van der Waals surface area contributed by atoms with Crippen LogP contribution in [0.5, 0.6) is 0 Å². The van der Waals surface area contributed by atoms with Gasteiger partial charge in [-0.15, -0.1) is 0 Å². The van der Waals surface area contributed by atoms with Crippen LogP contribution in [0.3, 0.4) is 0 Å². The van der Waals surface area contributed by atoms with E-state index in [4.69, 9.17) is 9.47 Å². The van der Waals surface area contributed by atoms with Gasteiger partial charge in [-0.1, -0.05) is 183 Å². The van der Waals surface area contributed by atoms with Crippen LogP contribution in [0.2, 0.25) is 0 Å². The van der Waals surface area contributed by atoms with Crippen molar-refractivity contribution in [3.05, 3.63) is 0 Å². The minimum atomic E-state index is 0.0153. The first-order valence-electron chi connectivity index (χ1n) is 27.7. The van der Waals surface area contributed by atoms with Gasteiger partial charge in [-0.3, -0.25) is 9.59 Å². The van der Waals surface area contributed by atoms with E-state index in [0.717, 1.165) is 88.8 Å². The Bertz CT molecular complexity index is 892. The maximum Gasteiger partial charge on any atom is 0.306 e. The highest BCUT2D eigenvalue weighted by Gasteiger charge is 2.21. The lowest BCUT2D eigenvalue weighted by molar-refractivity contribution is -0.149. The second-order valence-electron chi connectivity index (χ2n) is 19.5. The quantitative estimate of drug-likeness (QED) is 0.0478. The predicted octanol–water partition coefficient (Wildman–Crippen LogP) is 16.7. The van der Waals surface area contributed by atoms with Crippen LogP contribution in [0.4, 0.5) is 0 Å². The van der Waals surface area contributed by atoms with Crippen molar-refractivity contribution in [2.45, 2.75) is 291 Å². The van der Waals surface area contributed by atoms with Gasteiger partial charge in [0.15, 0.2) is 0 Å². The minimum Gasteiger partial charge on any atom is -0.461 e. The Morgan fingerprint density at radius 3 is 1.22 bits per heavy atom. The first-order chi connectivity index (χ1) is 30.8. The Morgan fingerprint density at radius 1 is 0.460 bits per heavy atom. The van der Waals surface area contributed by atoms with Crippen molar-refractivity contribution in [3.63, 3.8) is 0 Å². The van der Waals surface area contributed by atoms with E-state index in [1.165, 1.54) is 166 Å². The number of esters is 2. The fourth-order valence-electron chi connectivity index (χ4n) is 8.67. The van der Waals surface area contributed by atoms with Gasteiger partial charge < -0.3 is 19.5 Å². The molecule has 0 amide bonds. The van der Waals surface area contributed by atoms with Gasteiger partial charge in [0.05, 0.1) is 0 Å². The molecule has 8 heteroatoms. The number of carbonyl (C=O) groups is 2. The lowest BCUT2D eigenvalue weighted by atomic mass is 9.97. The fourth-order valence-corrected chi connectivity index (χ4v) is 10.8. The summed E-state index contributed by atoms with van der Waals surface area (Å²) in [5, 5.41) is 9.60. The van der Waals surface area contributed by atoms with Gasteiger partial charge in [-0.05, 0) is 101 Å². The molecule has 0 saturated heterocycles. The van der Waals surface area contributed by atoms with E-state index in [-0.39, 0.29) is 30.8 Å². The Hall–Kier alpha value is -0.440. The summed E-state index contributed by atoms with van der Waals surface area (Å²) in [4.78, 5) is 28.6. The molecule has 0 aromatic rings. The zero-order chi connectivity index (χ0) is 46.3. The molecule has 2 unspecified atom stereocenters. The Kier molecular flexibility index (Phi) is 49.1. The first-order valence-corrected chi connectivity index (χ1v) is 30.0. The number of aliphatic hydroxyl groups excluding tert-OH is 1. The van der Waals surface area contributed by atoms with Crippen LogP contribution < -0.4 is 0 Å². The maximum atomic E-state index is 12.9. The normalized spacial score (nSPS) is 13.2. The van der Waals surface area contributed by atoms with E-state index >= 15 is 0 Å². The number of rotatable bonds is 51. The number of hydrogen-bond donors (Lipinski definition) is 1. The van der Waals surface area contributed by atoms with Crippen molar-refractivity contribution in [2.75, 3.05) is 42.7 Å². The molecule has 1 N–H and O–H groups in total. The number of ether oxygens (including phenoxy) is 2. The molecule has 0 fully saturated rings. The molecule has 0 bridgehead atoms. The van der Waals surface area contributed by atoms with E-state index in [9.17, 15) is 14.7 Å². The molecule has 0 aliphatic carbocycles. The number of thioether (sulfide) groups is 2. The second kappa shape index (κ2) is 49.5. The van der Waals surface area contributed by atoms with Crippen LogP contribution in [0.15, 0.2) is 0 Å². The molecular weight excluding hydrogens is 819 g/mol. The minimum absolute atomic E-state index is 0.0153. The van der Waals surface area contributed by atoms with Gasteiger partial charge >= 0.3 is 11.9 Å². The highest BCUT2D eigenvalue weighted by atomic mass is 32.2. The molecule has 0 saturated carbocycles. The molecule has 63 heavy (non-hydrogen) atoms. The summed E-state index contributed by atoms with van der Waals surface area (Å²) < 4.78 is 12.3. The molecule has 0 aliphatic rings. The van der Waals surface area contributed by atoms with E-state index in [2.05, 4.69) is 46.4 Å². The zero-order valence-corrected chi connectivity index (χ0v) is 44.7. The van der Waals surface area contributed by atoms with Crippen molar-refractivity contribution in [1.82, 2.24) is 4.90 Å². The highest BCUT2D eigenvalue weighted by Crippen LogP contribution is 2.24. The highest BCUT2D eigenvalue weighted by molar-refractivity contribution is 7.99. The van der Waals surface area contributed by atoms with Gasteiger partial charge in [0, 0.05) is 43.5 Å². The van der Waals surface area contributed by atoms with E-state index in [1.807, 2.05) is 23.5 Å². The third-order valence-electron chi connectivity index (χ3n) is 12.6. The van der Waals surface area contributed by atoms with E-state index in [1.54, 1.807) is 0 Å². The van der Waals surface area contributed by atoms with E-state index in [0.29, 0.717) is 24.8 Å². The number of nitrogens with zero attached hydrogens (tertiary/aromatic N) is 1. The zero-order valence-electron chi connectivity index (χ0n) is 43.1. The lowest BCUT2D eigenvalue weighted by Crippen LogP contribution is -2.39. The van der Waals surface area contributed by atoms with Gasteiger partial charge in [0.2, 0.25) is 0 Å². The second-order valence-corrected chi connectivity index (χ2v) is 21.8.